The van der Waals surface area contributed by atoms with Crippen LogP contribution in [0.25, 0.3) is 0 Å². The van der Waals surface area contributed by atoms with Gasteiger partial charge < -0.3 is 10.1 Å². The number of carbonyl (C=O) groups excluding carboxylic acids is 2. The standard InChI is InChI=1S/C20H29NO3/c1-15(2)13-16-7-9-17(10-8-16)14-18(22)21-20(19(23)24-3)11-5-4-6-12-20/h7-10,15H,4-6,11-14H2,1-3H3,(H,21,22). The van der Waals surface area contributed by atoms with Crippen LogP contribution in [0.3, 0.4) is 0 Å². The zero-order valence-corrected chi connectivity index (χ0v) is 15.1. The van der Waals surface area contributed by atoms with Gasteiger partial charge in [0.1, 0.15) is 5.54 Å². The van der Waals surface area contributed by atoms with Crippen molar-refractivity contribution in [2.45, 2.75) is 64.3 Å². The van der Waals surface area contributed by atoms with Crippen LogP contribution in [-0.4, -0.2) is 24.5 Å². The van der Waals surface area contributed by atoms with Gasteiger partial charge in [0.05, 0.1) is 13.5 Å². The average molecular weight is 331 g/mol. The Balaban J connectivity index is 1.99. The fourth-order valence-corrected chi connectivity index (χ4v) is 3.49. The quantitative estimate of drug-likeness (QED) is 0.813. The van der Waals surface area contributed by atoms with E-state index in [9.17, 15) is 9.59 Å². The smallest absolute Gasteiger partial charge is 0.331 e. The first-order chi connectivity index (χ1) is 11.4. The molecule has 0 aliphatic heterocycles. The molecule has 4 heteroatoms. The van der Waals surface area contributed by atoms with Crippen molar-refractivity contribution in [3.05, 3.63) is 35.4 Å². The predicted molar refractivity (Wildman–Crippen MR) is 94.7 cm³/mol. The topological polar surface area (TPSA) is 55.4 Å². The Bertz CT molecular complexity index is 557. The van der Waals surface area contributed by atoms with E-state index < -0.39 is 5.54 Å². The van der Waals surface area contributed by atoms with Crippen LogP contribution >= 0.6 is 0 Å². The summed E-state index contributed by atoms with van der Waals surface area (Å²) in [5.41, 5.74) is 1.42. The molecule has 1 aliphatic carbocycles. The number of rotatable bonds is 6. The molecule has 1 amide bonds. The molecule has 24 heavy (non-hydrogen) atoms. The third-order valence-electron chi connectivity index (χ3n) is 4.69. The highest BCUT2D eigenvalue weighted by Gasteiger charge is 2.41. The molecule has 132 valence electrons. The van der Waals surface area contributed by atoms with Crippen molar-refractivity contribution in [3.63, 3.8) is 0 Å². The Kier molecular flexibility index (Phi) is 6.41. The molecule has 0 bridgehead atoms. The second kappa shape index (κ2) is 8.32. The molecule has 1 aromatic carbocycles. The average Bonchev–Trinajstić information content (AvgIpc) is 2.56. The van der Waals surface area contributed by atoms with Gasteiger partial charge in [-0.25, -0.2) is 4.79 Å². The number of benzene rings is 1. The molecule has 0 spiro atoms. The van der Waals surface area contributed by atoms with Gasteiger partial charge in [0.15, 0.2) is 0 Å². The first kappa shape index (κ1) is 18.5. The van der Waals surface area contributed by atoms with Gasteiger partial charge in [-0.1, -0.05) is 57.4 Å². The van der Waals surface area contributed by atoms with Gasteiger partial charge >= 0.3 is 5.97 Å². The maximum atomic E-state index is 12.5. The Morgan fingerprint density at radius 2 is 1.67 bits per heavy atom. The minimum absolute atomic E-state index is 0.112. The molecule has 0 atom stereocenters. The molecule has 0 heterocycles. The van der Waals surface area contributed by atoms with Gasteiger partial charge in [-0.05, 0) is 36.3 Å². The van der Waals surface area contributed by atoms with Gasteiger partial charge in [-0.15, -0.1) is 0 Å². The number of carbonyl (C=O) groups is 2. The Hall–Kier alpha value is -1.84. The third kappa shape index (κ3) is 4.83. The fourth-order valence-electron chi connectivity index (χ4n) is 3.49. The first-order valence-corrected chi connectivity index (χ1v) is 8.92. The third-order valence-corrected chi connectivity index (χ3v) is 4.69. The molecule has 4 nitrogen and oxygen atoms in total. The lowest BCUT2D eigenvalue weighted by molar-refractivity contribution is -0.152. The highest BCUT2D eigenvalue weighted by molar-refractivity contribution is 5.89. The summed E-state index contributed by atoms with van der Waals surface area (Å²) in [5, 5.41) is 2.96. The van der Waals surface area contributed by atoms with E-state index in [1.54, 1.807) is 0 Å². The highest BCUT2D eigenvalue weighted by Crippen LogP contribution is 2.29. The molecule has 0 radical (unpaired) electrons. The van der Waals surface area contributed by atoms with Crippen molar-refractivity contribution in [3.8, 4) is 0 Å². The van der Waals surface area contributed by atoms with Crippen LogP contribution in [0.4, 0.5) is 0 Å². The second-order valence-electron chi connectivity index (χ2n) is 7.27. The molecule has 1 fully saturated rings. The van der Waals surface area contributed by atoms with Crippen molar-refractivity contribution < 1.29 is 14.3 Å². The largest absolute Gasteiger partial charge is 0.467 e. The normalized spacial score (nSPS) is 16.7. The lowest BCUT2D eigenvalue weighted by Crippen LogP contribution is -2.56. The molecule has 1 aromatic rings. The minimum atomic E-state index is -0.832. The Morgan fingerprint density at radius 3 is 2.21 bits per heavy atom. The molecule has 0 saturated heterocycles. The van der Waals surface area contributed by atoms with Crippen LogP contribution in [0.1, 0.15) is 57.1 Å². The van der Waals surface area contributed by atoms with Crippen LogP contribution in [0, 0.1) is 5.92 Å². The van der Waals surface area contributed by atoms with E-state index >= 15 is 0 Å². The Morgan fingerprint density at radius 1 is 1.08 bits per heavy atom. The van der Waals surface area contributed by atoms with Crippen molar-refractivity contribution in [2.24, 2.45) is 5.92 Å². The predicted octanol–water partition coefficient (Wildman–Crippen LogP) is 3.42. The lowest BCUT2D eigenvalue weighted by atomic mass is 9.81. The summed E-state index contributed by atoms with van der Waals surface area (Å²) in [6, 6.07) is 8.17. The van der Waals surface area contributed by atoms with E-state index in [1.165, 1.54) is 12.7 Å². The van der Waals surface area contributed by atoms with Crippen molar-refractivity contribution in [2.75, 3.05) is 7.11 Å². The van der Waals surface area contributed by atoms with E-state index in [2.05, 4.69) is 31.3 Å². The van der Waals surface area contributed by atoms with Gasteiger partial charge in [0.2, 0.25) is 5.91 Å². The Labute approximate surface area is 145 Å². The van der Waals surface area contributed by atoms with Crippen LogP contribution in [0.2, 0.25) is 0 Å². The summed E-state index contributed by atoms with van der Waals surface area (Å²) in [5.74, 6) is 0.187. The number of esters is 1. The van der Waals surface area contributed by atoms with Gasteiger partial charge in [0, 0.05) is 0 Å². The maximum Gasteiger partial charge on any atom is 0.331 e. The molecule has 2 rings (SSSR count). The maximum absolute atomic E-state index is 12.5. The van der Waals surface area contributed by atoms with Crippen LogP contribution in [-0.2, 0) is 27.2 Å². The lowest BCUT2D eigenvalue weighted by Gasteiger charge is -2.35. The van der Waals surface area contributed by atoms with Crippen molar-refractivity contribution in [1.29, 1.82) is 0 Å². The summed E-state index contributed by atoms with van der Waals surface area (Å²) in [4.78, 5) is 24.6. The molecule has 0 aromatic heterocycles. The summed E-state index contributed by atoms with van der Waals surface area (Å²) in [6.45, 7) is 4.38. The number of nitrogens with one attached hydrogen (secondary N) is 1. The molecular formula is C20H29NO3. The number of hydrogen-bond acceptors (Lipinski definition) is 3. The van der Waals surface area contributed by atoms with Crippen LogP contribution < -0.4 is 5.32 Å². The van der Waals surface area contributed by atoms with E-state index in [-0.39, 0.29) is 11.9 Å². The number of methoxy groups -OCH3 is 1. The fraction of sp³-hybridized carbons (Fsp3) is 0.600. The number of ether oxygens (including phenoxy) is 1. The monoisotopic (exact) mass is 331 g/mol. The van der Waals surface area contributed by atoms with Crippen molar-refractivity contribution in [1.82, 2.24) is 5.32 Å². The zero-order valence-electron chi connectivity index (χ0n) is 15.1. The molecule has 0 unspecified atom stereocenters. The van der Waals surface area contributed by atoms with E-state index in [0.717, 1.165) is 31.2 Å². The van der Waals surface area contributed by atoms with Gasteiger partial charge in [0.25, 0.3) is 0 Å². The van der Waals surface area contributed by atoms with E-state index in [0.29, 0.717) is 25.2 Å². The number of hydrogen-bond donors (Lipinski definition) is 1. The first-order valence-electron chi connectivity index (χ1n) is 8.92. The van der Waals surface area contributed by atoms with E-state index in [1.807, 2.05) is 12.1 Å². The zero-order chi connectivity index (χ0) is 17.6. The summed E-state index contributed by atoms with van der Waals surface area (Å²) >= 11 is 0. The molecule has 1 N–H and O–H groups in total. The number of amides is 1. The SMILES string of the molecule is COC(=O)C1(NC(=O)Cc2ccc(CC(C)C)cc2)CCCCC1. The van der Waals surface area contributed by atoms with E-state index in [4.69, 9.17) is 4.74 Å². The van der Waals surface area contributed by atoms with Gasteiger partial charge in [-0.2, -0.15) is 0 Å². The summed E-state index contributed by atoms with van der Waals surface area (Å²) in [7, 11) is 1.39. The van der Waals surface area contributed by atoms with Crippen LogP contribution in [0.5, 0.6) is 0 Å². The summed E-state index contributed by atoms with van der Waals surface area (Å²) in [6.07, 6.45) is 5.65. The second-order valence-corrected chi connectivity index (χ2v) is 7.27. The van der Waals surface area contributed by atoms with Crippen molar-refractivity contribution >= 4 is 11.9 Å². The molecular weight excluding hydrogens is 302 g/mol. The summed E-state index contributed by atoms with van der Waals surface area (Å²) < 4.78 is 4.94. The van der Waals surface area contributed by atoms with Gasteiger partial charge in [-0.3, -0.25) is 4.79 Å². The minimum Gasteiger partial charge on any atom is -0.467 e. The molecule has 1 aliphatic rings. The van der Waals surface area contributed by atoms with Crippen LogP contribution in [0.15, 0.2) is 24.3 Å². The highest BCUT2D eigenvalue weighted by atomic mass is 16.5. The molecule has 1 saturated carbocycles.